The Bertz CT molecular complexity index is 1070. The van der Waals surface area contributed by atoms with Gasteiger partial charge in [-0.1, -0.05) is 0 Å². The smallest absolute Gasteiger partial charge is 0.416 e. The molecule has 1 fully saturated rings. The van der Waals surface area contributed by atoms with E-state index in [0.29, 0.717) is 29.2 Å². The molecule has 3 heterocycles. The number of aromatic nitrogens is 3. The van der Waals surface area contributed by atoms with Crippen molar-refractivity contribution < 1.29 is 23.4 Å². The number of anilines is 1. The number of rotatable bonds is 5. The lowest BCUT2D eigenvalue weighted by molar-refractivity contribution is -0.137. The molecule has 0 unspecified atom stereocenters. The van der Waals surface area contributed by atoms with Gasteiger partial charge in [0.05, 0.1) is 12.2 Å². The summed E-state index contributed by atoms with van der Waals surface area (Å²) in [5.74, 6) is 0.0188. The van der Waals surface area contributed by atoms with Crippen molar-refractivity contribution in [3.05, 3.63) is 42.2 Å². The number of hydrogen-bond donors (Lipinski definition) is 3. The molecule has 0 amide bonds. The lowest BCUT2D eigenvalue weighted by atomic mass is 10.0. The van der Waals surface area contributed by atoms with Crippen LogP contribution < -0.4 is 5.32 Å². The van der Waals surface area contributed by atoms with Crippen LogP contribution in [-0.2, 0) is 6.18 Å². The number of hydrogen-bond acceptors (Lipinski definition) is 7. The first kappa shape index (κ1) is 21.3. The predicted molar refractivity (Wildman–Crippen MR) is 110 cm³/mol. The van der Waals surface area contributed by atoms with Crippen LogP contribution in [0, 0.1) is 0 Å². The molecule has 10 heteroatoms. The Balaban J connectivity index is 1.68. The molecule has 7 nitrogen and oxygen atoms in total. The molecule has 1 aliphatic heterocycles. The van der Waals surface area contributed by atoms with Crippen LogP contribution in [0.5, 0.6) is 5.75 Å². The number of aromatic hydroxyl groups is 1. The molecular formula is C21H22F3N5O2. The number of benzene rings is 1. The normalized spacial score (nSPS) is 17.7. The Kier molecular flexibility index (Phi) is 5.92. The quantitative estimate of drug-likeness (QED) is 0.569. The van der Waals surface area contributed by atoms with Gasteiger partial charge in [-0.15, -0.1) is 10.2 Å². The zero-order valence-corrected chi connectivity index (χ0v) is 16.6. The van der Waals surface area contributed by atoms with Crippen molar-refractivity contribution in [3.63, 3.8) is 0 Å². The van der Waals surface area contributed by atoms with E-state index in [2.05, 4.69) is 25.4 Å². The van der Waals surface area contributed by atoms with Crippen molar-refractivity contribution in [2.75, 3.05) is 31.6 Å². The predicted octanol–water partition coefficient (Wildman–Crippen LogP) is 3.28. The fourth-order valence-corrected chi connectivity index (χ4v) is 3.92. The maximum atomic E-state index is 12.9. The summed E-state index contributed by atoms with van der Waals surface area (Å²) in [6.45, 7) is 2.41. The Labute approximate surface area is 176 Å². The van der Waals surface area contributed by atoms with Gasteiger partial charge in [0.15, 0.2) is 5.82 Å². The minimum atomic E-state index is -4.55. The van der Waals surface area contributed by atoms with Gasteiger partial charge in [-0.3, -0.25) is 9.88 Å². The third-order valence-electron chi connectivity index (χ3n) is 5.42. The summed E-state index contributed by atoms with van der Waals surface area (Å²) in [7, 11) is 0. The average molecular weight is 433 g/mol. The van der Waals surface area contributed by atoms with Gasteiger partial charge < -0.3 is 15.5 Å². The molecular weight excluding hydrogens is 411 g/mol. The molecule has 0 spiro atoms. The summed E-state index contributed by atoms with van der Waals surface area (Å²) >= 11 is 0. The van der Waals surface area contributed by atoms with Crippen LogP contribution in [0.3, 0.4) is 0 Å². The fraction of sp³-hybridized carbons (Fsp3) is 0.381. The van der Waals surface area contributed by atoms with Crippen LogP contribution >= 0.6 is 0 Å². The highest BCUT2D eigenvalue weighted by Gasteiger charge is 2.31. The van der Waals surface area contributed by atoms with E-state index in [-0.39, 0.29) is 23.9 Å². The highest BCUT2D eigenvalue weighted by molar-refractivity contribution is 6.00. The summed E-state index contributed by atoms with van der Waals surface area (Å²) in [5.41, 5.74) is -0.533. The third kappa shape index (κ3) is 4.54. The number of fused-ring (bicyclic) bond motifs is 1. The molecule has 0 aliphatic carbocycles. The molecule has 2 aromatic heterocycles. The number of pyridine rings is 1. The van der Waals surface area contributed by atoms with Gasteiger partial charge in [0.2, 0.25) is 0 Å². The molecule has 1 aliphatic rings. The second-order valence-corrected chi connectivity index (χ2v) is 7.56. The maximum absolute atomic E-state index is 12.9. The Morgan fingerprint density at radius 2 is 2.00 bits per heavy atom. The monoisotopic (exact) mass is 433 g/mol. The number of alkyl halides is 3. The fourth-order valence-electron chi connectivity index (χ4n) is 3.92. The molecule has 4 rings (SSSR count). The molecule has 164 valence electrons. The van der Waals surface area contributed by atoms with Crippen LogP contribution in [0.1, 0.15) is 18.4 Å². The topological polar surface area (TPSA) is 94.4 Å². The van der Waals surface area contributed by atoms with E-state index in [1.54, 1.807) is 18.5 Å². The van der Waals surface area contributed by atoms with Gasteiger partial charge >= 0.3 is 6.18 Å². The van der Waals surface area contributed by atoms with Crippen LogP contribution in [0.4, 0.5) is 19.0 Å². The molecule has 31 heavy (non-hydrogen) atoms. The molecule has 3 aromatic rings. The number of piperidine rings is 1. The second-order valence-electron chi connectivity index (χ2n) is 7.56. The van der Waals surface area contributed by atoms with E-state index in [0.717, 1.165) is 32.0 Å². The lowest BCUT2D eigenvalue weighted by Crippen LogP contribution is -2.43. The number of phenols is 1. The molecule has 0 bridgehead atoms. The molecule has 1 atom stereocenters. The number of nitrogens with one attached hydrogen (secondary N) is 1. The molecule has 1 saturated heterocycles. The van der Waals surface area contributed by atoms with Crippen molar-refractivity contribution in [2.24, 2.45) is 0 Å². The molecule has 3 N–H and O–H groups in total. The number of phenolic OH excluding ortho intramolecular Hbond substituents is 1. The second kappa shape index (κ2) is 8.64. The van der Waals surface area contributed by atoms with Crippen molar-refractivity contribution in [2.45, 2.75) is 25.1 Å². The number of halogens is 3. The number of nitrogens with zero attached hydrogens (tertiary/aromatic N) is 4. The van der Waals surface area contributed by atoms with Gasteiger partial charge in [-0.2, -0.15) is 13.2 Å². The number of aliphatic hydroxyl groups is 1. The van der Waals surface area contributed by atoms with Gasteiger partial charge in [0.1, 0.15) is 11.4 Å². The van der Waals surface area contributed by atoms with E-state index in [1.165, 1.54) is 6.07 Å². The van der Waals surface area contributed by atoms with Crippen LogP contribution in [0.25, 0.3) is 22.0 Å². The average Bonchev–Trinajstić information content (AvgIpc) is 2.74. The summed E-state index contributed by atoms with van der Waals surface area (Å²) in [5, 5.41) is 32.6. The third-order valence-corrected chi connectivity index (χ3v) is 5.42. The SMILES string of the molecule is OCCN1CCC[C@@H](Nc2nnc(-c3ccc(C(F)(F)F)cc3O)c3cnccc23)C1. The van der Waals surface area contributed by atoms with Crippen LogP contribution in [0.15, 0.2) is 36.7 Å². The highest BCUT2D eigenvalue weighted by atomic mass is 19.4. The van der Waals surface area contributed by atoms with Gasteiger partial charge in [0, 0.05) is 47.9 Å². The molecule has 0 saturated carbocycles. The van der Waals surface area contributed by atoms with Crippen LogP contribution in [-0.4, -0.2) is 62.6 Å². The Hall–Kier alpha value is -2.98. The minimum Gasteiger partial charge on any atom is -0.507 e. The number of β-amino-alcohol motifs (C(OH)–C–C–N with tert-alkyl or cyclic N) is 1. The summed E-state index contributed by atoms with van der Waals surface area (Å²) in [6.07, 6.45) is 0.536. The summed E-state index contributed by atoms with van der Waals surface area (Å²) in [4.78, 5) is 6.29. The largest absolute Gasteiger partial charge is 0.507 e. The van der Waals surface area contributed by atoms with E-state index >= 15 is 0 Å². The number of aliphatic hydroxyl groups excluding tert-OH is 1. The van der Waals surface area contributed by atoms with E-state index < -0.39 is 17.5 Å². The minimum absolute atomic E-state index is 0.104. The van der Waals surface area contributed by atoms with Crippen molar-refractivity contribution >= 4 is 16.6 Å². The van der Waals surface area contributed by atoms with Gasteiger partial charge in [-0.05, 0) is 43.7 Å². The first-order chi connectivity index (χ1) is 14.9. The van der Waals surface area contributed by atoms with E-state index in [1.807, 2.05) is 0 Å². The standard InChI is InChI=1S/C21H22F3N5O2/c22-21(23,24)13-3-4-16(18(31)10-13)19-17-11-25-6-5-15(17)20(28-27-19)26-14-2-1-7-29(12-14)8-9-30/h3-6,10-11,14,30-31H,1-2,7-9,12H2,(H,26,28)/t14-/m1/s1. The van der Waals surface area contributed by atoms with Gasteiger partial charge in [0.25, 0.3) is 0 Å². The van der Waals surface area contributed by atoms with Gasteiger partial charge in [-0.25, -0.2) is 0 Å². The van der Waals surface area contributed by atoms with E-state index in [4.69, 9.17) is 0 Å². The summed E-state index contributed by atoms with van der Waals surface area (Å²) < 4.78 is 38.8. The first-order valence-electron chi connectivity index (χ1n) is 9.97. The zero-order chi connectivity index (χ0) is 22.0. The van der Waals surface area contributed by atoms with Crippen molar-refractivity contribution in [1.82, 2.24) is 20.1 Å². The van der Waals surface area contributed by atoms with Crippen molar-refractivity contribution in [3.8, 4) is 17.0 Å². The van der Waals surface area contributed by atoms with Crippen molar-refractivity contribution in [1.29, 1.82) is 0 Å². The van der Waals surface area contributed by atoms with Crippen LogP contribution in [0.2, 0.25) is 0 Å². The van der Waals surface area contributed by atoms with E-state index in [9.17, 15) is 23.4 Å². The maximum Gasteiger partial charge on any atom is 0.416 e. The lowest BCUT2D eigenvalue weighted by Gasteiger charge is -2.33. The summed E-state index contributed by atoms with van der Waals surface area (Å²) in [6, 6.07) is 4.66. The Morgan fingerprint density at radius 1 is 1.16 bits per heavy atom. The highest BCUT2D eigenvalue weighted by Crippen LogP contribution is 2.38. The Morgan fingerprint density at radius 3 is 2.74 bits per heavy atom. The molecule has 1 aromatic carbocycles. The first-order valence-corrected chi connectivity index (χ1v) is 9.97. The number of likely N-dealkylation sites (tertiary alicyclic amines) is 1. The molecule has 0 radical (unpaired) electrons. The zero-order valence-electron chi connectivity index (χ0n) is 16.6.